The largest absolute Gasteiger partial charge is 0.508 e. The number of ether oxygens (including phenoxy) is 2. The van der Waals surface area contributed by atoms with Gasteiger partial charge in [-0.2, -0.15) is 16.8 Å². The van der Waals surface area contributed by atoms with Crippen LogP contribution in [0.2, 0.25) is 0 Å². The van der Waals surface area contributed by atoms with Crippen LogP contribution in [-0.4, -0.2) is 126 Å². The number of hydrogen-bond donors (Lipinski definition) is 8. The third kappa shape index (κ3) is 18.5. The smallest absolute Gasteiger partial charge is 0.330 e. The van der Waals surface area contributed by atoms with E-state index in [-0.39, 0.29) is 40.0 Å². The SMILES string of the molecule is NS(=O)(=O)O.NS(=O)(=O)O.O.O=C(c1ccc(OCCN2CCCCC2)cc1)c1c(-c2ccc(O)cc2)sc2cc(O)ccc12.O=C(c1ccc(OCCN2CCCCC2)cc1)c1c(-c2ccc(O)cc2)sc2cc(O)ccc12. The third-order valence-corrected chi connectivity index (χ3v) is 14.9. The van der Waals surface area contributed by atoms with Crippen molar-refractivity contribution in [2.24, 2.45) is 10.3 Å². The number of nitrogens with zero attached hydrogens (tertiary/aromatic N) is 2. The molecule has 4 heterocycles. The summed E-state index contributed by atoms with van der Waals surface area (Å²) >= 11 is 2.91. The van der Waals surface area contributed by atoms with Gasteiger partial charge in [0.05, 0.1) is 0 Å². The predicted molar refractivity (Wildman–Crippen MR) is 308 cm³/mol. The number of ketones is 2. The molecule has 0 unspecified atom stereocenters. The number of carbonyl (C=O) groups is 2. The first-order valence-electron chi connectivity index (χ1n) is 24.8. The first-order valence-corrected chi connectivity index (χ1v) is 29.4. The number of carbonyl (C=O) groups excluding carboxylic acids is 2. The second kappa shape index (κ2) is 28.2. The molecule has 2 fully saturated rings. The van der Waals surface area contributed by atoms with Gasteiger partial charge in [0.2, 0.25) is 0 Å². The Kier molecular flexibility index (Phi) is 21.9. The van der Waals surface area contributed by atoms with Crippen LogP contribution in [0, 0.1) is 0 Å². The lowest BCUT2D eigenvalue weighted by Gasteiger charge is -2.26. The molecule has 12 N–H and O–H groups in total. The quantitative estimate of drug-likeness (QED) is 0.0372. The highest BCUT2D eigenvalue weighted by Gasteiger charge is 2.24. The Bertz CT molecular complexity index is 3280. The van der Waals surface area contributed by atoms with Gasteiger partial charge in [0, 0.05) is 65.3 Å². The number of fused-ring (bicyclic) bond motifs is 2. The van der Waals surface area contributed by atoms with Gasteiger partial charge >= 0.3 is 20.6 Å². The number of benzene rings is 6. The van der Waals surface area contributed by atoms with Gasteiger partial charge in [-0.25, -0.2) is 10.3 Å². The molecule has 0 aliphatic carbocycles. The first kappa shape index (κ1) is 61.2. The normalized spacial score (nSPS) is 13.8. The van der Waals surface area contributed by atoms with Gasteiger partial charge in [0.15, 0.2) is 11.6 Å². The minimum Gasteiger partial charge on any atom is -0.508 e. The lowest BCUT2D eigenvalue weighted by molar-refractivity contribution is 0.103. The number of rotatable bonds is 14. The van der Waals surface area contributed by atoms with Crippen molar-refractivity contribution in [1.29, 1.82) is 0 Å². The zero-order valence-electron chi connectivity index (χ0n) is 42.7. The van der Waals surface area contributed by atoms with Crippen molar-refractivity contribution in [1.82, 2.24) is 9.80 Å². The number of hydrogen-bond acceptors (Lipinski definition) is 16. The number of phenolic OH excluding ortho intramolecular Hbond substituents is 4. The molecule has 2 aliphatic heterocycles. The van der Waals surface area contributed by atoms with Crippen molar-refractivity contribution in [3.8, 4) is 55.4 Å². The monoisotopic (exact) mass is 1160 g/mol. The van der Waals surface area contributed by atoms with E-state index in [1.807, 2.05) is 48.5 Å². The fourth-order valence-corrected chi connectivity index (χ4v) is 11.4. The van der Waals surface area contributed by atoms with E-state index >= 15 is 0 Å². The molecule has 0 amide bonds. The summed E-state index contributed by atoms with van der Waals surface area (Å²) in [5, 5.41) is 48.6. The van der Waals surface area contributed by atoms with Crippen molar-refractivity contribution in [3.05, 3.63) is 156 Å². The van der Waals surface area contributed by atoms with E-state index in [0.717, 1.165) is 91.8 Å². The number of thiophene rings is 2. The summed E-state index contributed by atoms with van der Waals surface area (Å²) in [6, 6.07) is 38.4. The number of piperidine rings is 2. The molecule has 6 aromatic carbocycles. The molecular formula is C56H62N4O15S4. The fraction of sp³-hybridized carbons (Fsp3) is 0.250. The standard InChI is InChI=1S/2C28H27NO4S.2H3NO3S.H2O/c2*30-21-8-4-20(5-9-21)28-26(24-13-10-22(31)18-25(24)34-28)27(32)19-6-11-23(12-7-19)33-17-16-29-14-2-1-3-15-29;2*1-5(2,3)4;/h2*4-13,18,30-31H,1-3,14-17H2;2*(H3,1,2,3,4);1H2. The van der Waals surface area contributed by atoms with Gasteiger partial charge in [-0.3, -0.25) is 28.5 Å². The average Bonchev–Trinajstić information content (AvgIpc) is 4.11. The van der Waals surface area contributed by atoms with Crippen LogP contribution in [0.25, 0.3) is 41.1 Å². The third-order valence-electron chi connectivity index (χ3n) is 12.5. The maximum atomic E-state index is 13.6. The molecule has 0 atom stereocenters. The predicted octanol–water partition coefficient (Wildman–Crippen LogP) is 8.82. The molecule has 0 spiro atoms. The van der Waals surface area contributed by atoms with Crippen LogP contribution in [0.15, 0.2) is 133 Å². The van der Waals surface area contributed by atoms with Gasteiger partial charge in [-0.1, -0.05) is 12.8 Å². The maximum absolute atomic E-state index is 13.6. The summed E-state index contributed by atoms with van der Waals surface area (Å²) in [5.74, 6) is 2.02. The summed E-state index contributed by atoms with van der Waals surface area (Å²) < 4.78 is 63.9. The summed E-state index contributed by atoms with van der Waals surface area (Å²) in [5.41, 5.74) is 4.06. The fourth-order valence-electron chi connectivity index (χ4n) is 8.90. The highest BCUT2D eigenvalue weighted by atomic mass is 32.2. The zero-order valence-corrected chi connectivity index (χ0v) is 46.0. The van der Waals surface area contributed by atoms with E-state index in [0.29, 0.717) is 35.5 Å². The van der Waals surface area contributed by atoms with Gasteiger partial charge in [-0.05, 0) is 196 Å². The summed E-state index contributed by atoms with van der Waals surface area (Å²) in [6.07, 6.45) is 7.70. The van der Waals surface area contributed by atoms with Crippen molar-refractivity contribution in [2.45, 2.75) is 38.5 Å². The Morgan fingerprint density at radius 2 is 0.772 bits per heavy atom. The van der Waals surface area contributed by atoms with Gasteiger partial charge < -0.3 is 35.4 Å². The molecule has 10 rings (SSSR count). The Labute approximate surface area is 465 Å². The topological polar surface area (TPSA) is 332 Å². The zero-order chi connectivity index (χ0) is 56.0. The van der Waals surface area contributed by atoms with Gasteiger partial charge in [0.1, 0.15) is 47.7 Å². The molecular weight excluding hydrogens is 1100 g/mol. The highest BCUT2D eigenvalue weighted by Crippen LogP contribution is 2.43. The Morgan fingerprint density at radius 3 is 1.09 bits per heavy atom. The van der Waals surface area contributed by atoms with E-state index in [4.69, 9.17) is 35.4 Å². The number of phenols is 4. The molecule has 79 heavy (non-hydrogen) atoms. The molecule has 0 saturated carbocycles. The van der Waals surface area contributed by atoms with E-state index < -0.39 is 20.6 Å². The Balaban J connectivity index is 0.000000216. The molecule has 2 aromatic heterocycles. The van der Waals surface area contributed by atoms with Crippen LogP contribution < -0.4 is 19.8 Å². The van der Waals surface area contributed by atoms with Crippen LogP contribution in [0.3, 0.4) is 0 Å². The van der Waals surface area contributed by atoms with Crippen molar-refractivity contribution in [2.75, 3.05) is 52.5 Å². The molecule has 0 radical (unpaired) electrons. The molecule has 2 aliphatic rings. The molecule has 8 aromatic rings. The molecule has 23 heteroatoms. The van der Waals surface area contributed by atoms with Gasteiger partial charge in [-0.15, -0.1) is 22.7 Å². The number of aromatic hydroxyl groups is 4. The van der Waals surface area contributed by atoms with E-state index in [1.165, 1.54) is 61.2 Å². The van der Waals surface area contributed by atoms with E-state index in [9.17, 15) is 30.0 Å². The van der Waals surface area contributed by atoms with Gasteiger partial charge in [0.25, 0.3) is 0 Å². The van der Waals surface area contributed by atoms with Crippen molar-refractivity contribution < 1.29 is 70.9 Å². The molecule has 420 valence electrons. The van der Waals surface area contributed by atoms with Crippen LogP contribution >= 0.6 is 22.7 Å². The van der Waals surface area contributed by atoms with Crippen LogP contribution in [0.5, 0.6) is 34.5 Å². The minimum absolute atomic E-state index is 0. The Hall–Kier alpha value is -7.00. The van der Waals surface area contributed by atoms with Crippen LogP contribution in [0.1, 0.15) is 70.4 Å². The lowest BCUT2D eigenvalue weighted by Crippen LogP contribution is -2.33. The maximum Gasteiger partial charge on any atom is 0.330 e. The highest BCUT2D eigenvalue weighted by molar-refractivity contribution is 7.83. The average molecular weight is 1160 g/mol. The van der Waals surface area contributed by atoms with E-state index in [1.54, 1.807) is 84.9 Å². The number of nitrogens with two attached hydrogens (primary N) is 2. The lowest BCUT2D eigenvalue weighted by atomic mass is 9.97. The molecule has 19 nitrogen and oxygen atoms in total. The molecule has 2 saturated heterocycles. The van der Waals surface area contributed by atoms with E-state index in [2.05, 4.69) is 20.1 Å². The molecule has 0 bridgehead atoms. The summed E-state index contributed by atoms with van der Waals surface area (Å²) in [6.45, 7) is 7.70. The number of likely N-dealkylation sites (tertiary alicyclic amines) is 2. The second-order valence-corrected chi connectivity index (χ2v) is 22.5. The summed E-state index contributed by atoms with van der Waals surface area (Å²) in [4.78, 5) is 33.8. The van der Waals surface area contributed by atoms with Crippen LogP contribution in [0.4, 0.5) is 0 Å². The minimum atomic E-state index is -4.17. The Morgan fingerprint density at radius 1 is 0.468 bits per heavy atom. The summed E-state index contributed by atoms with van der Waals surface area (Å²) in [7, 11) is -8.33. The van der Waals surface area contributed by atoms with Crippen molar-refractivity contribution >= 4 is 75.0 Å². The van der Waals surface area contributed by atoms with Crippen LogP contribution in [-0.2, 0) is 20.6 Å². The first-order chi connectivity index (χ1) is 37.2. The van der Waals surface area contributed by atoms with Crippen molar-refractivity contribution in [3.63, 3.8) is 0 Å². The second-order valence-electron chi connectivity index (χ2n) is 18.3.